The Labute approximate surface area is 139 Å². The van der Waals surface area contributed by atoms with E-state index in [1.54, 1.807) is 31.1 Å². The molecule has 0 saturated heterocycles. The van der Waals surface area contributed by atoms with Crippen molar-refractivity contribution < 1.29 is 4.74 Å². The van der Waals surface area contributed by atoms with Gasteiger partial charge in [0.1, 0.15) is 17.3 Å². The molecule has 2 heterocycles. The number of rotatable bonds is 3. The van der Waals surface area contributed by atoms with E-state index in [2.05, 4.69) is 16.0 Å². The number of pyridine rings is 1. The number of nitrogen functional groups attached to an aromatic ring is 1. The molecule has 0 aliphatic carbocycles. The van der Waals surface area contributed by atoms with E-state index in [9.17, 15) is 5.26 Å². The van der Waals surface area contributed by atoms with Crippen LogP contribution in [0.25, 0.3) is 11.0 Å². The minimum atomic E-state index is 0. The molecule has 0 aliphatic heterocycles. The molecule has 0 unspecified atom stereocenters. The van der Waals surface area contributed by atoms with Gasteiger partial charge in [0.2, 0.25) is 5.95 Å². The van der Waals surface area contributed by atoms with Crippen molar-refractivity contribution in [3.05, 3.63) is 47.3 Å². The first-order chi connectivity index (χ1) is 10.7. The van der Waals surface area contributed by atoms with Gasteiger partial charge in [0.15, 0.2) is 0 Å². The van der Waals surface area contributed by atoms with Gasteiger partial charge in [0.05, 0.1) is 18.2 Å². The molecule has 3 rings (SSSR count). The lowest BCUT2D eigenvalue weighted by molar-refractivity contribution is 0.415. The lowest BCUT2D eigenvalue weighted by Crippen LogP contribution is -1.99. The summed E-state index contributed by atoms with van der Waals surface area (Å²) in [6.45, 7) is 0. The molecule has 0 radical (unpaired) electrons. The van der Waals surface area contributed by atoms with Gasteiger partial charge in [-0.1, -0.05) is 6.07 Å². The van der Waals surface area contributed by atoms with Gasteiger partial charge in [0, 0.05) is 31.4 Å². The van der Waals surface area contributed by atoms with Gasteiger partial charge in [-0.25, -0.2) is 4.98 Å². The Hall–Kier alpha value is -2.78. The van der Waals surface area contributed by atoms with E-state index in [1.807, 2.05) is 18.2 Å². The zero-order valence-corrected chi connectivity index (χ0v) is 13.6. The Balaban J connectivity index is 0.00000192. The predicted molar refractivity (Wildman–Crippen MR) is 90.7 cm³/mol. The standard InChI is InChI=1S/C16H15N5O.ClH/c1-21-14-12(8-17)7-11(6-10-4-3-5-19-9-10)15(22-2)13(14)20-16(21)18;/h3-5,7,9H,6H2,1-2H3,(H2,18,20);1H. The normalized spacial score (nSPS) is 10.1. The first-order valence-electron chi connectivity index (χ1n) is 6.76. The van der Waals surface area contributed by atoms with E-state index < -0.39 is 0 Å². The number of hydrogen-bond donors (Lipinski definition) is 1. The maximum atomic E-state index is 9.44. The predicted octanol–water partition coefficient (Wildman–Crippen LogP) is 2.44. The van der Waals surface area contributed by atoms with Crippen LogP contribution in [0.1, 0.15) is 16.7 Å². The third kappa shape index (κ3) is 2.79. The number of halogens is 1. The zero-order chi connectivity index (χ0) is 15.7. The highest BCUT2D eigenvalue weighted by molar-refractivity contribution is 5.90. The van der Waals surface area contributed by atoms with Crippen LogP contribution in [0, 0.1) is 11.3 Å². The largest absolute Gasteiger partial charge is 0.494 e. The number of aromatic nitrogens is 3. The molecule has 0 amide bonds. The highest BCUT2D eigenvalue weighted by atomic mass is 35.5. The summed E-state index contributed by atoms with van der Waals surface area (Å²) in [6.07, 6.45) is 4.13. The van der Waals surface area contributed by atoms with Gasteiger partial charge >= 0.3 is 0 Å². The number of benzene rings is 1. The molecule has 0 aliphatic rings. The molecule has 7 heteroatoms. The van der Waals surface area contributed by atoms with Crippen molar-refractivity contribution in [1.29, 1.82) is 5.26 Å². The second-order valence-electron chi connectivity index (χ2n) is 4.99. The molecule has 3 aromatic rings. The summed E-state index contributed by atoms with van der Waals surface area (Å²) >= 11 is 0. The molecule has 0 bridgehead atoms. The van der Waals surface area contributed by atoms with Gasteiger partial charge in [-0.15, -0.1) is 12.4 Å². The molecule has 23 heavy (non-hydrogen) atoms. The fourth-order valence-corrected chi connectivity index (χ4v) is 2.61. The summed E-state index contributed by atoms with van der Waals surface area (Å²) in [7, 11) is 3.38. The maximum absolute atomic E-state index is 9.44. The van der Waals surface area contributed by atoms with E-state index in [-0.39, 0.29) is 12.4 Å². The van der Waals surface area contributed by atoms with Gasteiger partial charge in [-0.3, -0.25) is 4.98 Å². The quantitative estimate of drug-likeness (QED) is 0.797. The van der Waals surface area contributed by atoms with Crippen LogP contribution in [0.3, 0.4) is 0 Å². The third-order valence-electron chi connectivity index (χ3n) is 3.65. The molecule has 6 nitrogen and oxygen atoms in total. The fraction of sp³-hybridized carbons (Fsp3) is 0.188. The maximum Gasteiger partial charge on any atom is 0.201 e. The number of ether oxygens (including phenoxy) is 1. The number of aryl methyl sites for hydroxylation is 1. The number of nitriles is 1. The summed E-state index contributed by atoms with van der Waals surface area (Å²) in [5, 5.41) is 9.44. The molecule has 0 fully saturated rings. The number of anilines is 1. The minimum absolute atomic E-state index is 0. The van der Waals surface area contributed by atoms with Crippen LogP contribution >= 0.6 is 12.4 Å². The Bertz CT molecular complexity index is 883. The molecule has 1 aromatic carbocycles. The monoisotopic (exact) mass is 329 g/mol. The smallest absolute Gasteiger partial charge is 0.201 e. The minimum Gasteiger partial charge on any atom is -0.494 e. The van der Waals surface area contributed by atoms with E-state index >= 15 is 0 Å². The number of nitrogens with two attached hydrogens (primary N) is 1. The van der Waals surface area contributed by atoms with Crippen molar-refractivity contribution in [1.82, 2.24) is 14.5 Å². The lowest BCUT2D eigenvalue weighted by atomic mass is 10.0. The first kappa shape index (κ1) is 16.6. The summed E-state index contributed by atoms with van der Waals surface area (Å²) in [5.74, 6) is 0.994. The second-order valence-corrected chi connectivity index (χ2v) is 4.99. The van der Waals surface area contributed by atoms with Crippen molar-refractivity contribution in [2.45, 2.75) is 6.42 Å². The van der Waals surface area contributed by atoms with Gasteiger partial charge < -0.3 is 15.0 Å². The molecule has 2 aromatic heterocycles. The Morgan fingerprint density at radius 1 is 1.43 bits per heavy atom. The van der Waals surface area contributed by atoms with Crippen LogP contribution in [0.15, 0.2) is 30.6 Å². The lowest BCUT2D eigenvalue weighted by Gasteiger charge is -2.11. The number of methoxy groups -OCH3 is 1. The molecular weight excluding hydrogens is 314 g/mol. The Morgan fingerprint density at radius 3 is 2.83 bits per heavy atom. The van der Waals surface area contributed by atoms with Crippen LogP contribution in [-0.4, -0.2) is 21.6 Å². The Kier molecular flexibility index (Phi) is 4.72. The molecule has 118 valence electrons. The SMILES string of the molecule is COc1c(Cc2cccnc2)cc(C#N)c2c1nc(N)n2C.Cl. The van der Waals surface area contributed by atoms with Gasteiger partial charge in [-0.05, 0) is 17.7 Å². The number of hydrogen-bond acceptors (Lipinski definition) is 5. The first-order valence-corrected chi connectivity index (χ1v) is 6.76. The summed E-state index contributed by atoms with van der Waals surface area (Å²) in [6, 6.07) is 7.90. The molecular formula is C16H16ClN5O. The van der Waals surface area contributed by atoms with Crippen LogP contribution in [-0.2, 0) is 13.5 Å². The highest BCUT2D eigenvalue weighted by Crippen LogP contribution is 2.34. The summed E-state index contributed by atoms with van der Waals surface area (Å²) in [4.78, 5) is 8.46. The fourth-order valence-electron chi connectivity index (χ4n) is 2.61. The summed E-state index contributed by atoms with van der Waals surface area (Å²) < 4.78 is 7.24. The topological polar surface area (TPSA) is 89.8 Å². The highest BCUT2D eigenvalue weighted by Gasteiger charge is 2.19. The number of nitrogens with zero attached hydrogens (tertiary/aromatic N) is 4. The van der Waals surface area contributed by atoms with Gasteiger partial charge in [0.25, 0.3) is 0 Å². The van der Waals surface area contributed by atoms with Crippen LogP contribution in [0.2, 0.25) is 0 Å². The molecule has 2 N–H and O–H groups in total. The van der Waals surface area contributed by atoms with Crippen LogP contribution < -0.4 is 10.5 Å². The van der Waals surface area contributed by atoms with Crippen molar-refractivity contribution in [2.24, 2.45) is 7.05 Å². The van der Waals surface area contributed by atoms with Crippen molar-refractivity contribution in [3.63, 3.8) is 0 Å². The number of fused-ring (bicyclic) bond motifs is 1. The van der Waals surface area contributed by atoms with Crippen molar-refractivity contribution in [3.8, 4) is 11.8 Å². The van der Waals surface area contributed by atoms with Crippen molar-refractivity contribution >= 4 is 29.4 Å². The molecule has 0 atom stereocenters. The van der Waals surface area contributed by atoms with E-state index in [0.29, 0.717) is 34.7 Å². The number of imidazole rings is 1. The van der Waals surface area contributed by atoms with Crippen molar-refractivity contribution in [2.75, 3.05) is 12.8 Å². The third-order valence-corrected chi connectivity index (χ3v) is 3.65. The summed E-state index contributed by atoms with van der Waals surface area (Å²) in [5.41, 5.74) is 9.63. The average molecular weight is 330 g/mol. The molecule has 0 spiro atoms. The van der Waals surface area contributed by atoms with Crippen LogP contribution in [0.4, 0.5) is 5.95 Å². The average Bonchev–Trinajstić information content (AvgIpc) is 2.83. The molecule has 0 saturated carbocycles. The van der Waals surface area contributed by atoms with E-state index in [1.165, 1.54) is 0 Å². The Morgan fingerprint density at radius 2 is 2.22 bits per heavy atom. The zero-order valence-electron chi connectivity index (χ0n) is 12.8. The van der Waals surface area contributed by atoms with E-state index in [4.69, 9.17) is 10.5 Å². The second kappa shape index (κ2) is 6.55. The van der Waals surface area contributed by atoms with Crippen LogP contribution in [0.5, 0.6) is 5.75 Å². The van der Waals surface area contributed by atoms with Gasteiger partial charge in [-0.2, -0.15) is 5.26 Å². The van der Waals surface area contributed by atoms with E-state index in [0.717, 1.165) is 11.1 Å².